The number of carboxylic acid groups (broad SMARTS) is 1. The molecule has 0 bridgehead atoms. The van der Waals surface area contributed by atoms with E-state index in [4.69, 9.17) is 9.84 Å². The minimum atomic E-state index is -0.857. The summed E-state index contributed by atoms with van der Waals surface area (Å²) in [6.45, 7) is 2.40. The first kappa shape index (κ1) is 20.9. The van der Waals surface area contributed by atoms with Crippen LogP contribution in [0.15, 0.2) is 42.5 Å². The quantitative estimate of drug-likeness (QED) is 0.367. The Labute approximate surface area is 162 Å². The topological polar surface area (TPSA) is 119 Å². The van der Waals surface area contributed by atoms with Gasteiger partial charge in [0.05, 0.1) is 11.5 Å². The lowest BCUT2D eigenvalue weighted by Crippen LogP contribution is -2.23. The van der Waals surface area contributed by atoms with Gasteiger partial charge in [0.15, 0.2) is 0 Å². The Balaban J connectivity index is 1.89. The van der Waals surface area contributed by atoms with Crippen LogP contribution >= 0.6 is 0 Å². The van der Waals surface area contributed by atoms with Crippen LogP contribution in [0.25, 0.3) is 0 Å². The van der Waals surface area contributed by atoms with Gasteiger partial charge in [-0.1, -0.05) is 25.1 Å². The molecule has 2 rings (SSSR count). The molecule has 2 aromatic rings. The molecule has 1 amide bonds. The van der Waals surface area contributed by atoms with Crippen molar-refractivity contribution in [3.63, 3.8) is 0 Å². The molecule has 0 radical (unpaired) electrons. The van der Waals surface area contributed by atoms with Gasteiger partial charge in [0.1, 0.15) is 5.75 Å². The third-order valence-corrected chi connectivity index (χ3v) is 4.11. The molecule has 0 unspecified atom stereocenters. The van der Waals surface area contributed by atoms with Crippen molar-refractivity contribution in [2.75, 3.05) is 6.61 Å². The van der Waals surface area contributed by atoms with Gasteiger partial charge in [-0.15, -0.1) is 0 Å². The van der Waals surface area contributed by atoms with Gasteiger partial charge in [-0.05, 0) is 36.6 Å². The Morgan fingerprint density at radius 2 is 1.89 bits per heavy atom. The number of hydrogen-bond acceptors (Lipinski definition) is 5. The summed E-state index contributed by atoms with van der Waals surface area (Å²) in [5.41, 5.74) is 1.60. The Bertz CT molecular complexity index is 848. The van der Waals surface area contributed by atoms with Crippen molar-refractivity contribution in [2.24, 2.45) is 0 Å². The minimum absolute atomic E-state index is 0.0560. The number of amides is 1. The predicted octanol–water partition coefficient (Wildman–Crippen LogP) is 3.33. The van der Waals surface area contributed by atoms with Gasteiger partial charge in [0.25, 0.3) is 11.6 Å². The van der Waals surface area contributed by atoms with Gasteiger partial charge in [-0.25, -0.2) is 0 Å². The first-order valence-corrected chi connectivity index (χ1v) is 8.89. The van der Waals surface area contributed by atoms with Crippen molar-refractivity contribution in [3.05, 3.63) is 69.3 Å². The van der Waals surface area contributed by atoms with Crippen molar-refractivity contribution in [1.82, 2.24) is 5.32 Å². The van der Waals surface area contributed by atoms with Crippen LogP contribution in [0.5, 0.6) is 5.75 Å². The SMILES string of the molecule is CCc1ccc(C(=O)NCc2ccc(OCCCC(=O)O)cc2)cc1[N+](=O)[O-]. The molecule has 8 heteroatoms. The zero-order chi connectivity index (χ0) is 20.5. The third-order valence-electron chi connectivity index (χ3n) is 4.11. The first-order valence-electron chi connectivity index (χ1n) is 8.89. The molecule has 0 heterocycles. The predicted molar refractivity (Wildman–Crippen MR) is 102 cm³/mol. The summed E-state index contributed by atoms with van der Waals surface area (Å²) in [5, 5.41) is 22.4. The maximum atomic E-state index is 12.3. The Kier molecular flexibility index (Phi) is 7.50. The van der Waals surface area contributed by atoms with E-state index in [1.54, 1.807) is 36.4 Å². The molecule has 2 aromatic carbocycles. The number of nitrogens with zero attached hydrogens (tertiary/aromatic N) is 1. The van der Waals surface area contributed by atoms with Crippen LogP contribution in [0, 0.1) is 10.1 Å². The lowest BCUT2D eigenvalue weighted by molar-refractivity contribution is -0.385. The van der Waals surface area contributed by atoms with E-state index < -0.39 is 10.9 Å². The van der Waals surface area contributed by atoms with E-state index in [2.05, 4.69) is 5.32 Å². The van der Waals surface area contributed by atoms with Crippen LogP contribution in [0.1, 0.15) is 41.3 Å². The highest BCUT2D eigenvalue weighted by Gasteiger charge is 2.16. The standard InChI is InChI=1S/C20H22N2O6/c1-2-15-7-8-16(12-18(15)22(26)27)20(25)21-13-14-5-9-17(10-6-14)28-11-3-4-19(23)24/h5-10,12H,2-4,11,13H2,1H3,(H,21,25)(H,23,24). The number of hydrogen-bond donors (Lipinski definition) is 2. The molecule has 148 valence electrons. The van der Waals surface area contributed by atoms with Gasteiger partial charge < -0.3 is 15.2 Å². The van der Waals surface area contributed by atoms with Crippen molar-refractivity contribution in [2.45, 2.75) is 32.7 Å². The fourth-order valence-corrected chi connectivity index (χ4v) is 2.58. The number of rotatable bonds is 10. The second-order valence-corrected chi connectivity index (χ2v) is 6.13. The summed E-state index contributed by atoms with van der Waals surface area (Å²) in [4.78, 5) is 33.4. The van der Waals surface area contributed by atoms with Crippen LogP contribution in [0.3, 0.4) is 0 Å². The molecule has 0 aliphatic carbocycles. The van der Waals surface area contributed by atoms with Gasteiger partial charge in [-0.3, -0.25) is 19.7 Å². The number of carboxylic acids is 1. The zero-order valence-corrected chi connectivity index (χ0v) is 15.5. The molecule has 2 N–H and O–H groups in total. The number of benzene rings is 2. The van der Waals surface area contributed by atoms with E-state index >= 15 is 0 Å². The number of aryl methyl sites for hydroxylation is 1. The first-order chi connectivity index (χ1) is 13.4. The largest absolute Gasteiger partial charge is 0.494 e. The maximum Gasteiger partial charge on any atom is 0.303 e. The van der Waals surface area contributed by atoms with E-state index in [-0.39, 0.29) is 30.1 Å². The van der Waals surface area contributed by atoms with Crippen LogP contribution < -0.4 is 10.1 Å². The summed E-state index contributed by atoms with van der Waals surface area (Å²) in [6.07, 6.45) is 1.00. The molecule has 0 aliphatic heterocycles. The van der Waals surface area contributed by atoms with Gasteiger partial charge >= 0.3 is 5.97 Å². The monoisotopic (exact) mass is 386 g/mol. The van der Waals surface area contributed by atoms with Crippen LogP contribution in [0.2, 0.25) is 0 Å². The number of nitro benzene ring substituents is 1. The van der Waals surface area contributed by atoms with E-state index in [1.165, 1.54) is 6.07 Å². The number of nitro groups is 1. The molecule has 0 aromatic heterocycles. The highest BCUT2D eigenvalue weighted by atomic mass is 16.6. The molecular weight excluding hydrogens is 364 g/mol. The van der Waals surface area contributed by atoms with Crippen molar-refractivity contribution in [3.8, 4) is 5.75 Å². The maximum absolute atomic E-state index is 12.3. The summed E-state index contributed by atoms with van der Waals surface area (Å²) in [6, 6.07) is 11.5. The van der Waals surface area contributed by atoms with Crippen molar-refractivity contribution in [1.29, 1.82) is 0 Å². The normalized spacial score (nSPS) is 10.3. The summed E-state index contributed by atoms with van der Waals surface area (Å²) >= 11 is 0. The Morgan fingerprint density at radius 3 is 2.50 bits per heavy atom. The fourth-order valence-electron chi connectivity index (χ4n) is 2.58. The van der Waals surface area contributed by atoms with E-state index in [0.717, 1.165) is 5.56 Å². The number of carbonyl (C=O) groups excluding carboxylic acids is 1. The third kappa shape index (κ3) is 6.08. The number of carbonyl (C=O) groups is 2. The Hall–Kier alpha value is -3.42. The smallest absolute Gasteiger partial charge is 0.303 e. The van der Waals surface area contributed by atoms with Gasteiger partial charge in [0.2, 0.25) is 0 Å². The van der Waals surface area contributed by atoms with E-state index in [0.29, 0.717) is 30.8 Å². The van der Waals surface area contributed by atoms with Crippen LogP contribution in [-0.4, -0.2) is 28.5 Å². The van der Waals surface area contributed by atoms with Crippen molar-refractivity contribution < 1.29 is 24.4 Å². The molecule has 0 spiro atoms. The zero-order valence-electron chi connectivity index (χ0n) is 15.5. The molecule has 28 heavy (non-hydrogen) atoms. The Morgan fingerprint density at radius 1 is 1.18 bits per heavy atom. The number of ether oxygens (including phenoxy) is 1. The second-order valence-electron chi connectivity index (χ2n) is 6.13. The number of aliphatic carboxylic acids is 1. The second kappa shape index (κ2) is 10.1. The molecule has 0 saturated heterocycles. The summed E-state index contributed by atoms with van der Waals surface area (Å²) in [5.74, 6) is -0.629. The average molecular weight is 386 g/mol. The molecule has 0 aliphatic rings. The van der Waals surface area contributed by atoms with E-state index in [1.807, 2.05) is 6.92 Å². The van der Waals surface area contributed by atoms with Gasteiger partial charge in [0, 0.05) is 30.2 Å². The lowest BCUT2D eigenvalue weighted by atomic mass is 10.1. The lowest BCUT2D eigenvalue weighted by Gasteiger charge is -2.09. The van der Waals surface area contributed by atoms with E-state index in [9.17, 15) is 19.7 Å². The van der Waals surface area contributed by atoms with Crippen LogP contribution in [-0.2, 0) is 17.8 Å². The summed E-state index contributed by atoms with van der Waals surface area (Å²) < 4.78 is 5.45. The summed E-state index contributed by atoms with van der Waals surface area (Å²) in [7, 11) is 0. The fraction of sp³-hybridized carbons (Fsp3) is 0.300. The highest BCUT2D eigenvalue weighted by molar-refractivity contribution is 5.94. The molecule has 0 atom stereocenters. The van der Waals surface area contributed by atoms with Crippen LogP contribution in [0.4, 0.5) is 5.69 Å². The molecule has 0 fully saturated rings. The molecular formula is C20H22N2O6. The highest BCUT2D eigenvalue weighted by Crippen LogP contribution is 2.21. The number of nitrogens with one attached hydrogen (secondary N) is 1. The average Bonchev–Trinajstić information content (AvgIpc) is 2.69. The molecule has 8 nitrogen and oxygen atoms in total. The van der Waals surface area contributed by atoms with Gasteiger partial charge in [-0.2, -0.15) is 0 Å². The minimum Gasteiger partial charge on any atom is -0.494 e. The molecule has 0 saturated carbocycles. The van der Waals surface area contributed by atoms with Crippen molar-refractivity contribution >= 4 is 17.6 Å².